The van der Waals surface area contributed by atoms with Gasteiger partial charge in [0.1, 0.15) is 11.3 Å². The molecular formula is C23H29ClFN3OS. The van der Waals surface area contributed by atoms with Crippen LogP contribution in [0.25, 0.3) is 10.2 Å². The number of hydrogen-bond acceptors (Lipinski definition) is 4. The van der Waals surface area contributed by atoms with Gasteiger partial charge in [-0.1, -0.05) is 55.0 Å². The van der Waals surface area contributed by atoms with Crippen molar-refractivity contribution >= 4 is 45.0 Å². The molecule has 0 aliphatic rings. The zero-order valence-electron chi connectivity index (χ0n) is 17.9. The van der Waals surface area contributed by atoms with E-state index >= 15 is 0 Å². The normalized spacial score (nSPS) is 11.0. The summed E-state index contributed by atoms with van der Waals surface area (Å²) < 4.78 is 14.9. The summed E-state index contributed by atoms with van der Waals surface area (Å²) in [6, 6.07) is 11.1. The van der Waals surface area contributed by atoms with E-state index in [0.717, 1.165) is 35.5 Å². The SMILES string of the molecule is CCN(CC)CCN(C(=O)Cc1ccc(C)cc1C)c1nc2c(F)cccc2s1.Cl. The molecule has 0 bridgehead atoms. The number of likely N-dealkylation sites (N-methyl/N-ethyl adjacent to an activating group) is 1. The molecule has 7 heteroatoms. The maximum atomic E-state index is 14.2. The van der Waals surface area contributed by atoms with E-state index in [1.165, 1.54) is 23.0 Å². The van der Waals surface area contributed by atoms with Gasteiger partial charge in [-0.05, 0) is 50.2 Å². The molecule has 162 valence electrons. The summed E-state index contributed by atoms with van der Waals surface area (Å²) >= 11 is 1.37. The van der Waals surface area contributed by atoms with Gasteiger partial charge in [0.2, 0.25) is 5.91 Å². The van der Waals surface area contributed by atoms with Crippen molar-refractivity contribution in [2.24, 2.45) is 0 Å². The molecule has 2 aromatic carbocycles. The molecule has 0 atom stereocenters. The number of hydrogen-bond donors (Lipinski definition) is 0. The minimum atomic E-state index is -0.351. The molecule has 0 spiro atoms. The molecule has 0 fully saturated rings. The summed E-state index contributed by atoms with van der Waals surface area (Å²) in [5, 5.41) is 0.562. The average molecular weight is 450 g/mol. The Labute approximate surface area is 188 Å². The minimum Gasteiger partial charge on any atom is -0.302 e. The molecule has 0 radical (unpaired) electrons. The molecule has 0 unspecified atom stereocenters. The third kappa shape index (κ3) is 5.56. The molecular weight excluding hydrogens is 421 g/mol. The Hall–Kier alpha value is -2.02. The Morgan fingerprint density at radius 2 is 1.83 bits per heavy atom. The van der Waals surface area contributed by atoms with Crippen LogP contribution >= 0.6 is 23.7 Å². The third-order valence-corrected chi connectivity index (χ3v) is 6.31. The van der Waals surface area contributed by atoms with E-state index in [-0.39, 0.29) is 24.1 Å². The van der Waals surface area contributed by atoms with Crippen molar-refractivity contribution in [1.82, 2.24) is 9.88 Å². The lowest BCUT2D eigenvalue weighted by molar-refractivity contribution is -0.118. The fraction of sp³-hybridized carbons (Fsp3) is 0.391. The van der Waals surface area contributed by atoms with Crippen LogP contribution in [-0.2, 0) is 11.2 Å². The Bertz CT molecular complexity index is 1000. The highest BCUT2D eigenvalue weighted by Gasteiger charge is 2.22. The molecule has 0 aliphatic heterocycles. The topological polar surface area (TPSA) is 36.4 Å². The van der Waals surface area contributed by atoms with E-state index < -0.39 is 0 Å². The third-order valence-electron chi connectivity index (χ3n) is 5.26. The van der Waals surface area contributed by atoms with Gasteiger partial charge in [-0.3, -0.25) is 9.69 Å². The van der Waals surface area contributed by atoms with Gasteiger partial charge in [0.25, 0.3) is 0 Å². The number of fused-ring (bicyclic) bond motifs is 1. The van der Waals surface area contributed by atoms with Crippen LogP contribution in [0.5, 0.6) is 0 Å². The van der Waals surface area contributed by atoms with Crippen molar-refractivity contribution in [3.05, 3.63) is 58.9 Å². The van der Waals surface area contributed by atoms with Gasteiger partial charge in [0.15, 0.2) is 5.13 Å². The zero-order chi connectivity index (χ0) is 21.0. The summed E-state index contributed by atoms with van der Waals surface area (Å²) in [7, 11) is 0. The number of anilines is 1. The van der Waals surface area contributed by atoms with Gasteiger partial charge < -0.3 is 4.90 Å². The van der Waals surface area contributed by atoms with Crippen molar-refractivity contribution in [3.8, 4) is 0 Å². The lowest BCUT2D eigenvalue weighted by atomic mass is 10.0. The quantitative estimate of drug-likeness (QED) is 0.462. The fourth-order valence-electron chi connectivity index (χ4n) is 3.43. The van der Waals surface area contributed by atoms with Crippen LogP contribution in [-0.4, -0.2) is 42.0 Å². The number of rotatable bonds is 8. The second-order valence-electron chi connectivity index (χ2n) is 7.26. The van der Waals surface area contributed by atoms with Crippen molar-refractivity contribution in [2.75, 3.05) is 31.1 Å². The number of aryl methyl sites for hydroxylation is 2. The van der Waals surface area contributed by atoms with E-state index in [4.69, 9.17) is 0 Å². The van der Waals surface area contributed by atoms with Crippen LogP contribution in [0.15, 0.2) is 36.4 Å². The number of thiazole rings is 1. The van der Waals surface area contributed by atoms with E-state index in [1.807, 2.05) is 32.0 Å². The smallest absolute Gasteiger partial charge is 0.233 e. The predicted octanol–water partition coefficient (Wildman–Crippen LogP) is 5.39. The number of halogens is 2. The highest BCUT2D eigenvalue weighted by molar-refractivity contribution is 7.22. The summed E-state index contributed by atoms with van der Waals surface area (Å²) in [6.07, 6.45) is 0.308. The first-order valence-electron chi connectivity index (χ1n) is 10.1. The Kier molecular flexibility index (Phi) is 8.77. The molecule has 1 aromatic heterocycles. The number of carbonyl (C=O) groups excluding carboxylic acids is 1. The number of amides is 1. The number of benzene rings is 2. The van der Waals surface area contributed by atoms with Crippen molar-refractivity contribution in [3.63, 3.8) is 0 Å². The van der Waals surface area contributed by atoms with Crippen LogP contribution in [0.4, 0.5) is 9.52 Å². The highest BCUT2D eigenvalue weighted by atomic mass is 35.5. The highest BCUT2D eigenvalue weighted by Crippen LogP contribution is 2.30. The van der Waals surface area contributed by atoms with Gasteiger partial charge in [0.05, 0.1) is 11.1 Å². The van der Waals surface area contributed by atoms with Crippen LogP contribution in [0, 0.1) is 19.7 Å². The lowest BCUT2D eigenvalue weighted by Gasteiger charge is -2.25. The summed E-state index contributed by atoms with van der Waals surface area (Å²) in [5.74, 6) is -0.362. The van der Waals surface area contributed by atoms with Crippen molar-refractivity contribution < 1.29 is 9.18 Å². The molecule has 1 amide bonds. The largest absolute Gasteiger partial charge is 0.302 e. The van der Waals surface area contributed by atoms with Crippen LogP contribution in [0.1, 0.15) is 30.5 Å². The fourth-order valence-corrected chi connectivity index (χ4v) is 4.45. The predicted molar refractivity (Wildman–Crippen MR) is 127 cm³/mol. The minimum absolute atomic E-state index is 0. The van der Waals surface area contributed by atoms with E-state index in [0.29, 0.717) is 23.6 Å². The van der Waals surface area contributed by atoms with E-state index in [2.05, 4.69) is 29.8 Å². The van der Waals surface area contributed by atoms with E-state index in [1.54, 1.807) is 11.0 Å². The average Bonchev–Trinajstić information content (AvgIpc) is 3.12. The molecule has 0 aliphatic carbocycles. The zero-order valence-corrected chi connectivity index (χ0v) is 19.6. The second-order valence-corrected chi connectivity index (χ2v) is 8.27. The maximum absolute atomic E-state index is 14.2. The Morgan fingerprint density at radius 1 is 1.10 bits per heavy atom. The van der Waals surface area contributed by atoms with Crippen LogP contribution in [0.3, 0.4) is 0 Å². The number of para-hydroxylation sites is 1. The summed E-state index contributed by atoms with van der Waals surface area (Å²) in [4.78, 5) is 21.7. The first-order chi connectivity index (χ1) is 13.9. The monoisotopic (exact) mass is 449 g/mol. The molecule has 0 saturated carbocycles. The maximum Gasteiger partial charge on any atom is 0.233 e. The molecule has 0 saturated heterocycles. The van der Waals surface area contributed by atoms with Crippen LogP contribution < -0.4 is 4.90 Å². The molecule has 3 aromatic rings. The van der Waals surface area contributed by atoms with Gasteiger partial charge in [-0.15, -0.1) is 12.4 Å². The second kappa shape index (κ2) is 10.8. The summed E-state index contributed by atoms with van der Waals surface area (Å²) in [5.41, 5.74) is 3.64. The lowest BCUT2D eigenvalue weighted by Crippen LogP contribution is -2.39. The van der Waals surface area contributed by atoms with Crippen LogP contribution in [0.2, 0.25) is 0 Å². The summed E-state index contributed by atoms with van der Waals surface area (Å²) in [6.45, 7) is 11.4. The van der Waals surface area contributed by atoms with Gasteiger partial charge in [-0.2, -0.15) is 0 Å². The van der Waals surface area contributed by atoms with Crippen molar-refractivity contribution in [1.29, 1.82) is 0 Å². The molecule has 0 N–H and O–H groups in total. The Balaban J connectivity index is 0.00000320. The Morgan fingerprint density at radius 3 is 2.47 bits per heavy atom. The van der Waals surface area contributed by atoms with Gasteiger partial charge in [0, 0.05) is 13.1 Å². The van der Waals surface area contributed by atoms with Crippen molar-refractivity contribution in [2.45, 2.75) is 34.1 Å². The molecule has 1 heterocycles. The molecule has 4 nitrogen and oxygen atoms in total. The molecule has 30 heavy (non-hydrogen) atoms. The standard InChI is InChI=1S/C23H28FN3OS.ClH/c1-5-26(6-2)12-13-27(21(28)15-18-11-10-16(3)14-17(18)4)23-25-22-19(24)8-7-9-20(22)29-23;/h7-11,14H,5-6,12-13,15H2,1-4H3;1H. The first kappa shape index (κ1) is 24.3. The van der Waals surface area contributed by atoms with Gasteiger partial charge >= 0.3 is 0 Å². The number of carbonyl (C=O) groups is 1. The number of nitrogens with zero attached hydrogens (tertiary/aromatic N) is 3. The first-order valence-corrected chi connectivity index (χ1v) is 10.9. The molecule has 3 rings (SSSR count). The van der Waals surface area contributed by atoms with E-state index in [9.17, 15) is 9.18 Å². The van der Waals surface area contributed by atoms with Gasteiger partial charge in [-0.25, -0.2) is 9.37 Å². The number of aromatic nitrogens is 1.